The molecule has 0 radical (unpaired) electrons. The number of hydrogen-bond donors (Lipinski definition) is 1. The second kappa shape index (κ2) is 8.86. The molecule has 32 heavy (non-hydrogen) atoms. The summed E-state index contributed by atoms with van der Waals surface area (Å²) in [6, 6.07) is 5.97. The van der Waals surface area contributed by atoms with Gasteiger partial charge in [-0.1, -0.05) is 0 Å². The number of rotatable bonds is 6. The molecule has 0 aliphatic carbocycles. The van der Waals surface area contributed by atoms with Gasteiger partial charge in [-0.25, -0.2) is 15.0 Å². The number of thiophene rings is 1. The average molecular weight is 450 g/mol. The van der Waals surface area contributed by atoms with Crippen molar-refractivity contribution in [2.24, 2.45) is 5.92 Å². The van der Waals surface area contributed by atoms with Crippen molar-refractivity contribution < 1.29 is 9.21 Å². The number of nitrogens with one attached hydrogen (secondary N) is 1. The lowest BCUT2D eigenvalue weighted by Crippen LogP contribution is -2.41. The topological polar surface area (TPSA) is 84.2 Å². The van der Waals surface area contributed by atoms with Crippen LogP contribution in [0.5, 0.6) is 0 Å². The summed E-state index contributed by atoms with van der Waals surface area (Å²) < 4.78 is 6.43. The number of carbonyl (C=O) groups excluding carboxylic acids is 1. The fourth-order valence-corrected chi connectivity index (χ4v) is 5.82. The Bertz CT molecular complexity index is 1240. The average Bonchev–Trinajstić information content (AvgIpc) is 3.44. The van der Waals surface area contributed by atoms with E-state index in [9.17, 15) is 4.79 Å². The molecule has 1 fully saturated rings. The number of furan rings is 1. The molecule has 8 heteroatoms. The number of nitrogens with zero attached hydrogens (tertiary/aromatic N) is 4. The number of anilines is 1. The van der Waals surface area contributed by atoms with Gasteiger partial charge in [-0.3, -0.25) is 4.79 Å². The Morgan fingerprint density at radius 2 is 2.12 bits per heavy atom. The van der Waals surface area contributed by atoms with Crippen molar-refractivity contribution in [3.05, 3.63) is 47.8 Å². The Kier molecular flexibility index (Phi) is 5.78. The van der Waals surface area contributed by atoms with E-state index in [0.717, 1.165) is 76.5 Å². The van der Waals surface area contributed by atoms with Gasteiger partial charge in [0, 0.05) is 43.1 Å². The molecule has 4 aromatic rings. The summed E-state index contributed by atoms with van der Waals surface area (Å²) in [5.74, 6) is 2.15. The molecule has 1 amide bonds. The summed E-state index contributed by atoms with van der Waals surface area (Å²) in [5.41, 5.74) is 3.20. The molecular weight excluding hydrogens is 422 g/mol. The Labute approximate surface area is 190 Å². The SMILES string of the molecule is Cc1cc(C)c2c(n1)sc1c(N3CCC(C(=O)NCCCc4ccco4)CC3)ncnc12. The molecule has 0 aromatic carbocycles. The van der Waals surface area contributed by atoms with Crippen LogP contribution >= 0.6 is 11.3 Å². The second-order valence-electron chi connectivity index (χ2n) is 8.47. The third-order valence-electron chi connectivity index (χ3n) is 6.18. The number of fused-ring (bicyclic) bond motifs is 3. The summed E-state index contributed by atoms with van der Waals surface area (Å²) in [6.07, 6.45) is 6.73. The van der Waals surface area contributed by atoms with E-state index >= 15 is 0 Å². The zero-order valence-electron chi connectivity index (χ0n) is 18.4. The molecule has 1 aliphatic rings. The van der Waals surface area contributed by atoms with Gasteiger partial charge in [0.15, 0.2) is 0 Å². The Balaban J connectivity index is 1.23. The van der Waals surface area contributed by atoms with Crippen LogP contribution in [0.1, 0.15) is 36.3 Å². The van der Waals surface area contributed by atoms with Gasteiger partial charge in [0.25, 0.3) is 0 Å². The lowest BCUT2D eigenvalue weighted by atomic mass is 9.96. The molecule has 4 aromatic heterocycles. The first-order valence-corrected chi connectivity index (χ1v) is 12.0. The zero-order chi connectivity index (χ0) is 22.1. The van der Waals surface area contributed by atoms with Crippen molar-refractivity contribution in [3.63, 3.8) is 0 Å². The first-order valence-electron chi connectivity index (χ1n) is 11.2. The van der Waals surface area contributed by atoms with Gasteiger partial charge in [-0.15, -0.1) is 11.3 Å². The van der Waals surface area contributed by atoms with E-state index in [2.05, 4.69) is 33.2 Å². The molecular formula is C24H27N5O2S. The highest BCUT2D eigenvalue weighted by atomic mass is 32.1. The van der Waals surface area contributed by atoms with Crippen molar-refractivity contribution in [2.45, 2.75) is 39.5 Å². The van der Waals surface area contributed by atoms with Crippen LogP contribution < -0.4 is 10.2 Å². The van der Waals surface area contributed by atoms with E-state index in [1.54, 1.807) is 23.9 Å². The standard InChI is InChI=1S/C24H27N5O2S/c1-15-13-16(2)28-24-19(15)20-21(32-24)22(27-14-26-20)29-10-7-17(8-11-29)23(30)25-9-3-5-18-6-4-12-31-18/h4,6,12-14,17H,3,5,7-11H2,1-2H3,(H,25,30). The van der Waals surface area contributed by atoms with E-state index in [1.165, 1.54) is 5.56 Å². The van der Waals surface area contributed by atoms with Gasteiger partial charge in [0.2, 0.25) is 5.91 Å². The molecule has 7 nitrogen and oxygen atoms in total. The van der Waals surface area contributed by atoms with Gasteiger partial charge in [-0.2, -0.15) is 0 Å². The molecule has 1 saturated heterocycles. The van der Waals surface area contributed by atoms with Crippen molar-refractivity contribution in [2.75, 3.05) is 24.5 Å². The van der Waals surface area contributed by atoms with E-state index in [4.69, 9.17) is 9.40 Å². The van der Waals surface area contributed by atoms with Crippen LogP contribution in [0.4, 0.5) is 5.82 Å². The highest BCUT2D eigenvalue weighted by Gasteiger charge is 2.27. The lowest BCUT2D eigenvalue weighted by Gasteiger charge is -2.32. The first-order chi connectivity index (χ1) is 15.6. The van der Waals surface area contributed by atoms with Crippen molar-refractivity contribution in [1.82, 2.24) is 20.3 Å². The van der Waals surface area contributed by atoms with Crippen LogP contribution in [0.3, 0.4) is 0 Å². The summed E-state index contributed by atoms with van der Waals surface area (Å²) in [4.78, 5) is 29.8. The Morgan fingerprint density at radius 3 is 2.91 bits per heavy atom. The van der Waals surface area contributed by atoms with Crippen LogP contribution in [0, 0.1) is 19.8 Å². The van der Waals surface area contributed by atoms with Crippen molar-refractivity contribution in [1.29, 1.82) is 0 Å². The number of aryl methyl sites for hydroxylation is 3. The normalized spacial score (nSPS) is 15.0. The van der Waals surface area contributed by atoms with Crippen LogP contribution in [-0.4, -0.2) is 40.5 Å². The maximum absolute atomic E-state index is 12.6. The Morgan fingerprint density at radius 1 is 1.28 bits per heavy atom. The Hall–Kier alpha value is -3.00. The van der Waals surface area contributed by atoms with Gasteiger partial charge in [0.05, 0.1) is 16.5 Å². The fraction of sp³-hybridized carbons (Fsp3) is 0.417. The molecule has 0 atom stereocenters. The molecule has 1 N–H and O–H groups in total. The van der Waals surface area contributed by atoms with Crippen molar-refractivity contribution in [3.8, 4) is 0 Å². The number of pyridine rings is 1. The summed E-state index contributed by atoms with van der Waals surface area (Å²) >= 11 is 1.67. The maximum atomic E-state index is 12.6. The third-order valence-corrected chi connectivity index (χ3v) is 7.25. The highest BCUT2D eigenvalue weighted by Crippen LogP contribution is 2.38. The maximum Gasteiger partial charge on any atom is 0.223 e. The molecule has 5 rings (SSSR count). The molecule has 0 saturated carbocycles. The summed E-state index contributed by atoms with van der Waals surface area (Å²) in [7, 11) is 0. The van der Waals surface area contributed by atoms with Gasteiger partial charge < -0.3 is 14.6 Å². The predicted octanol–water partition coefficient (Wildman–Crippen LogP) is 4.41. The van der Waals surface area contributed by atoms with E-state index in [0.29, 0.717) is 6.54 Å². The third kappa shape index (κ3) is 4.07. The summed E-state index contributed by atoms with van der Waals surface area (Å²) in [5, 5.41) is 4.23. The number of amides is 1. The van der Waals surface area contributed by atoms with Crippen LogP contribution in [0.25, 0.3) is 20.4 Å². The number of aromatic nitrogens is 3. The largest absolute Gasteiger partial charge is 0.469 e. The van der Waals surface area contributed by atoms with Crippen LogP contribution in [0.2, 0.25) is 0 Å². The minimum Gasteiger partial charge on any atom is -0.469 e. The molecule has 166 valence electrons. The molecule has 5 heterocycles. The lowest BCUT2D eigenvalue weighted by molar-refractivity contribution is -0.125. The van der Waals surface area contributed by atoms with Crippen LogP contribution in [0.15, 0.2) is 35.2 Å². The van der Waals surface area contributed by atoms with Gasteiger partial charge >= 0.3 is 0 Å². The van der Waals surface area contributed by atoms with E-state index in [-0.39, 0.29) is 11.8 Å². The first kappa shape index (κ1) is 20.9. The van der Waals surface area contributed by atoms with E-state index < -0.39 is 0 Å². The smallest absolute Gasteiger partial charge is 0.223 e. The predicted molar refractivity (Wildman–Crippen MR) is 127 cm³/mol. The second-order valence-corrected chi connectivity index (χ2v) is 9.47. The zero-order valence-corrected chi connectivity index (χ0v) is 19.2. The monoisotopic (exact) mass is 449 g/mol. The molecule has 0 spiro atoms. The quantitative estimate of drug-likeness (QED) is 0.439. The van der Waals surface area contributed by atoms with Gasteiger partial charge in [0.1, 0.15) is 22.7 Å². The number of carbonyl (C=O) groups is 1. The number of piperidine rings is 1. The summed E-state index contributed by atoms with van der Waals surface area (Å²) in [6.45, 7) is 6.45. The van der Waals surface area contributed by atoms with E-state index in [1.807, 2.05) is 19.1 Å². The highest BCUT2D eigenvalue weighted by molar-refractivity contribution is 7.26. The van der Waals surface area contributed by atoms with Crippen LogP contribution in [-0.2, 0) is 11.2 Å². The fourth-order valence-electron chi connectivity index (χ4n) is 4.55. The molecule has 0 bridgehead atoms. The van der Waals surface area contributed by atoms with Crippen molar-refractivity contribution >= 4 is 43.5 Å². The minimum absolute atomic E-state index is 0.0566. The molecule has 1 aliphatic heterocycles. The minimum atomic E-state index is 0.0566. The number of hydrogen-bond acceptors (Lipinski definition) is 7. The molecule has 0 unspecified atom stereocenters. The van der Waals surface area contributed by atoms with Gasteiger partial charge in [-0.05, 0) is 56.9 Å².